The Bertz CT molecular complexity index is 1180. The summed E-state index contributed by atoms with van der Waals surface area (Å²) in [6, 6.07) is 10.0. The van der Waals surface area contributed by atoms with E-state index in [-0.39, 0.29) is 0 Å². The first kappa shape index (κ1) is 17.0. The van der Waals surface area contributed by atoms with Crippen LogP contribution in [0.1, 0.15) is 25.3 Å². The fourth-order valence-corrected chi connectivity index (χ4v) is 3.04. The number of unbranched alkanes of at least 4 members (excludes halogenated alkanes) is 1. The van der Waals surface area contributed by atoms with E-state index in [1.54, 1.807) is 6.20 Å². The number of hydrogen-bond acceptors (Lipinski definition) is 4. The van der Waals surface area contributed by atoms with Crippen LogP contribution in [0.3, 0.4) is 0 Å². The van der Waals surface area contributed by atoms with Crippen molar-refractivity contribution in [3.05, 3.63) is 69.1 Å². The fraction of sp³-hybridized carbons (Fsp3) is 0.263. The standard InChI is InChI=1S/C19H20N6O2/c1-2-3-9-25-17-15(18(26)23-19(25)27)21-16(22-17)14-10-20-24(12-14)11-13-7-5-4-6-8-13/h4-8,10,12H,2-3,9,11H2,1H3,(H,21,22)(H,23,26,27). The van der Waals surface area contributed by atoms with Gasteiger partial charge in [-0.25, -0.2) is 9.78 Å². The van der Waals surface area contributed by atoms with E-state index in [9.17, 15) is 9.59 Å². The normalized spacial score (nSPS) is 11.3. The van der Waals surface area contributed by atoms with Crippen LogP contribution in [0, 0.1) is 0 Å². The molecule has 3 heterocycles. The summed E-state index contributed by atoms with van der Waals surface area (Å²) in [5.41, 5.74) is 1.69. The Kier molecular flexibility index (Phi) is 4.45. The second-order valence-corrected chi connectivity index (χ2v) is 6.46. The Labute approximate surface area is 154 Å². The zero-order chi connectivity index (χ0) is 18.8. The van der Waals surface area contributed by atoms with Gasteiger partial charge in [-0.3, -0.25) is 19.0 Å². The molecule has 0 aliphatic carbocycles. The highest BCUT2D eigenvalue weighted by Gasteiger charge is 2.15. The van der Waals surface area contributed by atoms with Crippen LogP contribution in [0.5, 0.6) is 0 Å². The minimum Gasteiger partial charge on any atom is -0.332 e. The molecule has 0 atom stereocenters. The molecule has 0 spiro atoms. The molecule has 2 N–H and O–H groups in total. The largest absolute Gasteiger partial charge is 0.332 e. The van der Waals surface area contributed by atoms with Crippen molar-refractivity contribution in [2.75, 3.05) is 0 Å². The number of benzene rings is 1. The van der Waals surface area contributed by atoms with Gasteiger partial charge < -0.3 is 4.98 Å². The zero-order valence-corrected chi connectivity index (χ0v) is 15.0. The van der Waals surface area contributed by atoms with Gasteiger partial charge in [-0.2, -0.15) is 5.10 Å². The minimum absolute atomic E-state index is 0.302. The highest BCUT2D eigenvalue weighted by molar-refractivity contribution is 5.75. The summed E-state index contributed by atoms with van der Waals surface area (Å²) in [5.74, 6) is 0.519. The van der Waals surface area contributed by atoms with Gasteiger partial charge in [-0.1, -0.05) is 43.7 Å². The summed E-state index contributed by atoms with van der Waals surface area (Å²) < 4.78 is 3.32. The van der Waals surface area contributed by atoms with Crippen LogP contribution in [0.4, 0.5) is 0 Å². The number of H-pyrrole nitrogens is 2. The van der Waals surface area contributed by atoms with Gasteiger partial charge in [0.25, 0.3) is 5.56 Å². The van der Waals surface area contributed by atoms with Crippen molar-refractivity contribution >= 4 is 11.2 Å². The molecule has 4 aromatic rings. The molecule has 0 fully saturated rings. The number of nitrogens with one attached hydrogen (secondary N) is 2. The van der Waals surface area contributed by atoms with Crippen molar-refractivity contribution < 1.29 is 0 Å². The van der Waals surface area contributed by atoms with Crippen molar-refractivity contribution in [2.45, 2.75) is 32.9 Å². The van der Waals surface area contributed by atoms with Gasteiger partial charge in [-0.05, 0) is 12.0 Å². The first-order valence-electron chi connectivity index (χ1n) is 8.95. The van der Waals surface area contributed by atoms with Crippen LogP contribution in [-0.2, 0) is 13.1 Å². The molecule has 0 unspecified atom stereocenters. The van der Waals surface area contributed by atoms with Crippen LogP contribution in [-0.4, -0.2) is 29.3 Å². The van der Waals surface area contributed by atoms with Gasteiger partial charge in [0.05, 0.1) is 18.3 Å². The van der Waals surface area contributed by atoms with Crippen LogP contribution >= 0.6 is 0 Å². The molecule has 0 bridgehead atoms. The Hall–Kier alpha value is -3.42. The zero-order valence-electron chi connectivity index (χ0n) is 15.0. The van der Waals surface area contributed by atoms with Gasteiger partial charge in [0, 0.05) is 12.7 Å². The summed E-state index contributed by atoms with van der Waals surface area (Å²) in [5, 5.41) is 4.37. The van der Waals surface area contributed by atoms with Gasteiger partial charge in [0.15, 0.2) is 5.65 Å². The number of hydrogen-bond donors (Lipinski definition) is 2. The molecule has 8 heteroatoms. The molecule has 4 rings (SSSR count). The molecule has 8 nitrogen and oxygen atoms in total. The Morgan fingerprint density at radius 2 is 1.93 bits per heavy atom. The molecule has 27 heavy (non-hydrogen) atoms. The van der Waals surface area contributed by atoms with E-state index in [4.69, 9.17) is 0 Å². The molecule has 1 aromatic carbocycles. The van der Waals surface area contributed by atoms with Gasteiger partial charge >= 0.3 is 5.69 Å². The van der Waals surface area contributed by atoms with Crippen molar-refractivity contribution in [1.29, 1.82) is 0 Å². The van der Waals surface area contributed by atoms with Crippen molar-refractivity contribution in [3.8, 4) is 11.4 Å². The average Bonchev–Trinajstić information content (AvgIpc) is 3.30. The second kappa shape index (κ2) is 7.06. The summed E-state index contributed by atoms with van der Waals surface area (Å²) in [4.78, 5) is 34.2. The van der Waals surface area contributed by atoms with E-state index in [1.165, 1.54) is 4.57 Å². The van der Waals surface area contributed by atoms with E-state index in [0.29, 0.717) is 30.1 Å². The number of aromatic amines is 2. The lowest BCUT2D eigenvalue weighted by molar-refractivity contribution is 0.613. The number of imidazole rings is 1. The Morgan fingerprint density at radius 1 is 1.11 bits per heavy atom. The lowest BCUT2D eigenvalue weighted by Gasteiger charge is -2.03. The van der Waals surface area contributed by atoms with E-state index < -0.39 is 11.2 Å². The van der Waals surface area contributed by atoms with E-state index >= 15 is 0 Å². The van der Waals surface area contributed by atoms with Gasteiger partial charge in [0.1, 0.15) is 11.3 Å². The number of aryl methyl sites for hydroxylation is 1. The summed E-state index contributed by atoms with van der Waals surface area (Å²) in [6.07, 6.45) is 5.34. The molecule has 3 aromatic heterocycles. The minimum atomic E-state index is -0.460. The first-order chi connectivity index (χ1) is 13.2. The van der Waals surface area contributed by atoms with Crippen LogP contribution in [0.25, 0.3) is 22.6 Å². The summed E-state index contributed by atoms with van der Waals surface area (Å²) in [7, 11) is 0. The topological polar surface area (TPSA) is 101 Å². The summed E-state index contributed by atoms with van der Waals surface area (Å²) in [6.45, 7) is 3.20. The Balaban J connectivity index is 1.71. The van der Waals surface area contributed by atoms with Crippen LogP contribution in [0.2, 0.25) is 0 Å². The fourth-order valence-electron chi connectivity index (χ4n) is 3.04. The highest BCUT2D eigenvalue weighted by Crippen LogP contribution is 2.18. The van der Waals surface area contributed by atoms with Gasteiger partial charge in [0.2, 0.25) is 0 Å². The lowest BCUT2D eigenvalue weighted by Crippen LogP contribution is -2.30. The van der Waals surface area contributed by atoms with Crippen molar-refractivity contribution in [2.24, 2.45) is 0 Å². The van der Waals surface area contributed by atoms with Crippen molar-refractivity contribution in [1.82, 2.24) is 29.3 Å². The number of aromatic nitrogens is 6. The monoisotopic (exact) mass is 364 g/mol. The van der Waals surface area contributed by atoms with E-state index in [2.05, 4.69) is 20.1 Å². The second-order valence-electron chi connectivity index (χ2n) is 6.46. The molecule has 0 saturated heterocycles. The third-order valence-corrected chi connectivity index (χ3v) is 4.46. The smallest absolute Gasteiger partial charge is 0.330 e. The molecule has 0 amide bonds. The lowest BCUT2D eigenvalue weighted by atomic mass is 10.2. The van der Waals surface area contributed by atoms with Crippen LogP contribution < -0.4 is 11.2 Å². The Morgan fingerprint density at radius 3 is 2.70 bits per heavy atom. The molecule has 0 radical (unpaired) electrons. The quantitative estimate of drug-likeness (QED) is 0.547. The molecule has 138 valence electrons. The number of fused-ring (bicyclic) bond motifs is 1. The first-order valence-corrected chi connectivity index (χ1v) is 8.95. The molecule has 0 saturated carbocycles. The number of rotatable bonds is 6. The predicted molar refractivity (Wildman–Crippen MR) is 103 cm³/mol. The maximum Gasteiger partial charge on any atom is 0.330 e. The van der Waals surface area contributed by atoms with Crippen molar-refractivity contribution in [3.63, 3.8) is 0 Å². The van der Waals surface area contributed by atoms with E-state index in [0.717, 1.165) is 24.0 Å². The van der Waals surface area contributed by atoms with Crippen LogP contribution in [0.15, 0.2) is 52.3 Å². The molecular formula is C19H20N6O2. The van der Waals surface area contributed by atoms with Gasteiger partial charge in [-0.15, -0.1) is 0 Å². The maximum absolute atomic E-state index is 12.2. The predicted octanol–water partition coefficient (Wildman–Crippen LogP) is 2.12. The molecule has 0 aliphatic rings. The third kappa shape index (κ3) is 3.33. The van der Waals surface area contributed by atoms with E-state index in [1.807, 2.05) is 48.1 Å². The number of nitrogens with zero attached hydrogens (tertiary/aromatic N) is 4. The average molecular weight is 364 g/mol. The summed E-state index contributed by atoms with van der Waals surface area (Å²) >= 11 is 0. The third-order valence-electron chi connectivity index (χ3n) is 4.46. The molecular weight excluding hydrogens is 344 g/mol. The molecule has 0 aliphatic heterocycles. The SMILES string of the molecule is CCCCn1c(=O)[nH]c(=O)c2[nH]c(-c3cnn(Cc4ccccc4)c3)nc21. The maximum atomic E-state index is 12.2. The highest BCUT2D eigenvalue weighted by atomic mass is 16.2.